The summed E-state index contributed by atoms with van der Waals surface area (Å²) in [5, 5.41) is 21.7. The van der Waals surface area contributed by atoms with E-state index in [2.05, 4.69) is 11.0 Å². The van der Waals surface area contributed by atoms with Gasteiger partial charge < -0.3 is 33.9 Å². The molecule has 10 nitrogen and oxygen atoms in total. The van der Waals surface area contributed by atoms with Crippen molar-refractivity contribution in [1.82, 2.24) is 4.90 Å². The quantitative estimate of drug-likeness (QED) is 0.437. The van der Waals surface area contributed by atoms with Gasteiger partial charge in [-0.05, 0) is 94.2 Å². The largest absolute Gasteiger partial charge is 0.497 e. The number of aliphatic hydroxyl groups is 2. The molecule has 3 aliphatic heterocycles. The van der Waals surface area contributed by atoms with Gasteiger partial charge in [-0.15, -0.1) is 0 Å². The Hall–Kier alpha value is -2.82. The molecule has 1 fully saturated rings. The molecule has 1 aromatic carbocycles. The molecule has 0 saturated carbocycles. The Labute approximate surface area is 235 Å². The number of hydrogen-bond acceptors (Lipinski definition) is 10. The Morgan fingerprint density at radius 2 is 1.85 bits per heavy atom. The topological polar surface area (TPSA) is 124 Å². The Kier molecular flexibility index (Phi) is 8.05. The van der Waals surface area contributed by atoms with Crippen LogP contribution in [0.4, 0.5) is 0 Å². The molecule has 5 rings (SSSR count). The molecule has 3 heterocycles. The molecule has 0 unspecified atom stereocenters. The van der Waals surface area contributed by atoms with Crippen molar-refractivity contribution in [2.45, 2.75) is 88.1 Å². The van der Waals surface area contributed by atoms with Gasteiger partial charge in [0.2, 0.25) is 6.79 Å². The molecule has 0 amide bonds. The third-order valence-electron chi connectivity index (χ3n) is 8.75. The SMILES string of the molecule is COC(=O)C[C@](O)(CCCC(C)(C)O)C(=O)O[C@@H]1C(OC)=C[C@@H]2CCCN3CCc4cc5c(cc4[C@H]1[C@@H]23)OCO5. The lowest BCUT2D eigenvalue weighted by Crippen LogP contribution is -2.55. The van der Waals surface area contributed by atoms with Crippen LogP contribution < -0.4 is 9.47 Å². The third-order valence-corrected chi connectivity index (χ3v) is 8.75. The smallest absolute Gasteiger partial charge is 0.339 e. The second-order valence-electron chi connectivity index (χ2n) is 12.1. The molecule has 10 heteroatoms. The zero-order chi connectivity index (χ0) is 28.7. The maximum absolute atomic E-state index is 13.8. The van der Waals surface area contributed by atoms with Crippen molar-refractivity contribution in [1.29, 1.82) is 0 Å². The number of carbonyl (C=O) groups excluding carboxylic acids is 2. The summed E-state index contributed by atoms with van der Waals surface area (Å²) >= 11 is 0. The maximum Gasteiger partial charge on any atom is 0.339 e. The van der Waals surface area contributed by atoms with Crippen LogP contribution in [-0.4, -0.2) is 84.5 Å². The summed E-state index contributed by atoms with van der Waals surface area (Å²) in [5.74, 6) is 0.201. The van der Waals surface area contributed by atoms with Crippen molar-refractivity contribution in [3.05, 3.63) is 35.1 Å². The highest BCUT2D eigenvalue weighted by atomic mass is 16.7. The first-order valence-corrected chi connectivity index (χ1v) is 14.2. The molecule has 0 radical (unpaired) electrons. The van der Waals surface area contributed by atoms with Crippen molar-refractivity contribution < 1.29 is 43.5 Å². The van der Waals surface area contributed by atoms with Crippen molar-refractivity contribution in [2.24, 2.45) is 5.92 Å². The van der Waals surface area contributed by atoms with Crippen LogP contribution in [0.5, 0.6) is 11.5 Å². The lowest BCUT2D eigenvalue weighted by Gasteiger charge is -2.48. The predicted octanol–water partition coefficient (Wildman–Crippen LogP) is 2.83. The van der Waals surface area contributed by atoms with Crippen LogP contribution in [0, 0.1) is 5.92 Å². The van der Waals surface area contributed by atoms with Gasteiger partial charge in [-0.3, -0.25) is 9.69 Å². The van der Waals surface area contributed by atoms with Gasteiger partial charge in [0.1, 0.15) is 5.76 Å². The van der Waals surface area contributed by atoms with Gasteiger partial charge in [-0.1, -0.05) is 0 Å². The van der Waals surface area contributed by atoms with E-state index >= 15 is 0 Å². The minimum absolute atomic E-state index is 0.0657. The number of nitrogens with zero attached hydrogens (tertiary/aromatic N) is 1. The molecule has 1 aromatic rings. The fourth-order valence-corrected chi connectivity index (χ4v) is 6.78. The van der Waals surface area contributed by atoms with Gasteiger partial charge in [0, 0.05) is 18.5 Å². The van der Waals surface area contributed by atoms with E-state index in [1.807, 2.05) is 12.1 Å². The van der Waals surface area contributed by atoms with Crippen LogP contribution in [0.3, 0.4) is 0 Å². The fraction of sp³-hybridized carbons (Fsp3) is 0.667. The lowest BCUT2D eigenvalue weighted by molar-refractivity contribution is -0.180. The number of fused-ring (bicyclic) bond motifs is 3. The lowest BCUT2D eigenvalue weighted by atomic mass is 9.71. The van der Waals surface area contributed by atoms with Crippen molar-refractivity contribution in [2.75, 3.05) is 34.1 Å². The van der Waals surface area contributed by atoms with Crippen LogP contribution >= 0.6 is 0 Å². The molecule has 0 bridgehead atoms. The number of benzene rings is 1. The summed E-state index contributed by atoms with van der Waals surface area (Å²) in [5.41, 5.74) is -0.984. The molecular formula is C30H41NO9. The summed E-state index contributed by atoms with van der Waals surface area (Å²) < 4.78 is 28.2. The van der Waals surface area contributed by atoms with Gasteiger partial charge in [0.15, 0.2) is 23.2 Å². The number of methoxy groups -OCH3 is 2. The highest BCUT2D eigenvalue weighted by Gasteiger charge is 2.51. The summed E-state index contributed by atoms with van der Waals surface area (Å²) in [4.78, 5) is 28.6. The van der Waals surface area contributed by atoms with E-state index in [0.717, 1.165) is 43.5 Å². The predicted molar refractivity (Wildman–Crippen MR) is 144 cm³/mol. The number of ether oxygens (including phenoxy) is 5. The van der Waals surface area contributed by atoms with E-state index in [0.29, 0.717) is 30.1 Å². The van der Waals surface area contributed by atoms with E-state index < -0.39 is 35.7 Å². The standard InChI is InChI=1S/C30H41NO9/c1-29(2,34)9-6-10-30(35,16-24(32)37-4)28(33)40-27-23(36-3)14-19-7-5-11-31-12-8-18-13-21-22(39-17-38-21)15-20(18)25(27)26(19)31/h13-15,19,25-27,34-35H,5-12,16-17H2,1-4H3/t19-,25-,26+,27+,30+/m0/s1. The maximum atomic E-state index is 13.8. The first-order chi connectivity index (χ1) is 19.0. The molecule has 40 heavy (non-hydrogen) atoms. The number of carbonyl (C=O) groups is 2. The molecule has 1 aliphatic carbocycles. The molecule has 220 valence electrons. The Balaban J connectivity index is 1.52. The monoisotopic (exact) mass is 559 g/mol. The summed E-state index contributed by atoms with van der Waals surface area (Å²) in [7, 11) is 2.77. The second-order valence-corrected chi connectivity index (χ2v) is 12.1. The minimum atomic E-state index is -2.12. The van der Waals surface area contributed by atoms with Gasteiger partial charge in [0.05, 0.1) is 26.2 Å². The van der Waals surface area contributed by atoms with E-state index in [1.54, 1.807) is 21.0 Å². The zero-order valence-electron chi connectivity index (χ0n) is 23.8. The van der Waals surface area contributed by atoms with Crippen LogP contribution in [0.1, 0.15) is 69.4 Å². The average molecular weight is 560 g/mol. The highest BCUT2D eigenvalue weighted by Crippen LogP contribution is 2.49. The number of hydrogen-bond donors (Lipinski definition) is 2. The first kappa shape index (κ1) is 28.7. The van der Waals surface area contributed by atoms with E-state index in [9.17, 15) is 19.8 Å². The number of piperidine rings is 1. The summed E-state index contributed by atoms with van der Waals surface area (Å²) in [6, 6.07) is 4.09. The van der Waals surface area contributed by atoms with Crippen LogP contribution in [-0.2, 0) is 30.2 Å². The number of rotatable bonds is 9. The van der Waals surface area contributed by atoms with Gasteiger partial charge in [-0.25, -0.2) is 4.79 Å². The van der Waals surface area contributed by atoms with Crippen LogP contribution in [0.25, 0.3) is 0 Å². The van der Waals surface area contributed by atoms with Crippen molar-refractivity contribution in [3.8, 4) is 11.5 Å². The Morgan fingerprint density at radius 3 is 2.55 bits per heavy atom. The van der Waals surface area contributed by atoms with E-state index in [4.69, 9.17) is 23.7 Å². The van der Waals surface area contributed by atoms with Gasteiger partial charge in [0.25, 0.3) is 0 Å². The average Bonchev–Trinajstić information content (AvgIpc) is 3.30. The molecule has 1 saturated heterocycles. The second kappa shape index (κ2) is 11.2. The van der Waals surface area contributed by atoms with Crippen molar-refractivity contribution in [3.63, 3.8) is 0 Å². The molecule has 5 atom stereocenters. The van der Waals surface area contributed by atoms with Crippen LogP contribution in [0.2, 0.25) is 0 Å². The first-order valence-electron chi connectivity index (χ1n) is 14.2. The zero-order valence-corrected chi connectivity index (χ0v) is 23.8. The summed E-state index contributed by atoms with van der Waals surface area (Å²) in [6.07, 6.45) is 4.13. The summed E-state index contributed by atoms with van der Waals surface area (Å²) in [6.45, 7) is 5.28. The third kappa shape index (κ3) is 5.66. The Morgan fingerprint density at radius 1 is 1.10 bits per heavy atom. The fourth-order valence-electron chi connectivity index (χ4n) is 6.78. The Bertz CT molecular complexity index is 1160. The highest BCUT2D eigenvalue weighted by molar-refractivity contribution is 5.86. The molecule has 0 aromatic heterocycles. The molecule has 0 spiro atoms. The van der Waals surface area contributed by atoms with Gasteiger partial charge in [-0.2, -0.15) is 0 Å². The minimum Gasteiger partial charge on any atom is -0.497 e. The molecule has 2 N–H and O–H groups in total. The number of esters is 2. The van der Waals surface area contributed by atoms with Crippen LogP contribution in [0.15, 0.2) is 24.0 Å². The van der Waals surface area contributed by atoms with E-state index in [-0.39, 0.29) is 31.1 Å². The van der Waals surface area contributed by atoms with Crippen molar-refractivity contribution >= 4 is 11.9 Å². The molecule has 4 aliphatic rings. The normalized spacial score (nSPS) is 26.9. The van der Waals surface area contributed by atoms with Gasteiger partial charge >= 0.3 is 11.9 Å². The molecular weight excluding hydrogens is 518 g/mol. The van der Waals surface area contributed by atoms with E-state index in [1.165, 1.54) is 7.11 Å².